The number of furan rings is 1. The molecule has 9 heteroatoms. The lowest BCUT2D eigenvalue weighted by Crippen LogP contribution is -2.24. The normalized spacial score (nSPS) is 11.1. The maximum absolute atomic E-state index is 12.0. The number of halogens is 4. The van der Waals surface area contributed by atoms with Gasteiger partial charge >= 0.3 is 0 Å². The first kappa shape index (κ1) is 22.1. The van der Waals surface area contributed by atoms with Crippen LogP contribution in [-0.2, 0) is 4.79 Å². The number of benzene rings is 2. The van der Waals surface area contributed by atoms with Crippen LogP contribution in [-0.4, -0.2) is 18.7 Å². The van der Waals surface area contributed by atoms with E-state index in [4.69, 9.17) is 20.8 Å². The van der Waals surface area contributed by atoms with Crippen LogP contribution in [0.3, 0.4) is 0 Å². The lowest BCUT2D eigenvalue weighted by molar-refractivity contribution is -0.123. The van der Waals surface area contributed by atoms with Crippen molar-refractivity contribution in [1.29, 1.82) is 0 Å². The molecular formula is C20H14Br3ClN2O3. The molecule has 0 bridgehead atoms. The van der Waals surface area contributed by atoms with Gasteiger partial charge in [0.15, 0.2) is 6.61 Å². The largest absolute Gasteiger partial charge is 0.481 e. The molecule has 0 aliphatic rings. The number of nitrogens with zero attached hydrogens (tertiary/aromatic N) is 1. The van der Waals surface area contributed by atoms with Crippen molar-refractivity contribution in [2.24, 2.45) is 5.10 Å². The maximum atomic E-state index is 12.0. The molecule has 0 unspecified atom stereocenters. The highest BCUT2D eigenvalue weighted by Crippen LogP contribution is 2.36. The summed E-state index contributed by atoms with van der Waals surface area (Å²) in [6.07, 6.45) is 1.42. The molecule has 0 aliphatic heterocycles. The maximum Gasteiger partial charge on any atom is 0.277 e. The van der Waals surface area contributed by atoms with Crippen LogP contribution < -0.4 is 10.2 Å². The zero-order valence-corrected chi connectivity index (χ0v) is 20.5. The second-order valence-corrected chi connectivity index (χ2v) is 8.98. The number of carbonyl (C=O) groups is 1. The molecule has 1 N–H and O–H groups in total. The second kappa shape index (κ2) is 9.93. The van der Waals surface area contributed by atoms with Gasteiger partial charge in [0.05, 0.1) is 15.2 Å². The minimum Gasteiger partial charge on any atom is -0.481 e. The van der Waals surface area contributed by atoms with Crippen molar-refractivity contribution >= 4 is 71.5 Å². The fourth-order valence-corrected chi connectivity index (χ4v) is 5.00. The SMILES string of the molecule is Cc1ccc(-c2ccc(/C=N\NC(=O)COc3c(Br)cc(Br)cc3Br)o2)cc1Cl. The number of ether oxygens (including phenoxy) is 1. The van der Waals surface area contributed by atoms with Gasteiger partial charge in [-0.15, -0.1) is 0 Å². The molecule has 0 spiro atoms. The van der Waals surface area contributed by atoms with E-state index in [1.54, 1.807) is 6.07 Å². The Morgan fingerprint density at radius 3 is 2.59 bits per heavy atom. The Hall–Kier alpha value is -1.61. The summed E-state index contributed by atoms with van der Waals surface area (Å²) in [4.78, 5) is 12.0. The highest BCUT2D eigenvalue weighted by molar-refractivity contribution is 9.11. The summed E-state index contributed by atoms with van der Waals surface area (Å²) in [5, 5.41) is 4.57. The summed E-state index contributed by atoms with van der Waals surface area (Å²) in [6.45, 7) is 1.74. The molecule has 0 radical (unpaired) electrons. The first-order valence-electron chi connectivity index (χ1n) is 8.29. The van der Waals surface area contributed by atoms with Crippen molar-refractivity contribution in [1.82, 2.24) is 5.43 Å². The van der Waals surface area contributed by atoms with Gasteiger partial charge in [0.2, 0.25) is 0 Å². The van der Waals surface area contributed by atoms with Crippen LogP contribution >= 0.6 is 59.4 Å². The van der Waals surface area contributed by atoms with Gasteiger partial charge < -0.3 is 9.15 Å². The van der Waals surface area contributed by atoms with Gasteiger partial charge in [-0.3, -0.25) is 4.79 Å². The zero-order chi connectivity index (χ0) is 21.0. The fraction of sp³-hybridized carbons (Fsp3) is 0.100. The Balaban J connectivity index is 1.56. The summed E-state index contributed by atoms with van der Waals surface area (Å²) in [5.74, 6) is 1.28. The van der Waals surface area contributed by atoms with Crippen molar-refractivity contribution in [2.45, 2.75) is 6.92 Å². The van der Waals surface area contributed by atoms with Crippen LogP contribution in [0.4, 0.5) is 0 Å². The standard InChI is InChI=1S/C20H14Br3ClN2O3/c1-11-2-3-12(6-17(11)24)18-5-4-14(29-18)9-25-26-19(27)10-28-20-15(22)7-13(21)8-16(20)23/h2-9H,10H2,1H3,(H,26,27)/b25-9-. The fourth-order valence-electron chi connectivity index (χ4n) is 2.33. The average Bonchev–Trinajstić information content (AvgIpc) is 3.12. The van der Waals surface area contributed by atoms with E-state index in [2.05, 4.69) is 58.3 Å². The molecule has 1 aromatic heterocycles. The van der Waals surface area contributed by atoms with Gasteiger partial charge in [-0.2, -0.15) is 5.10 Å². The molecule has 150 valence electrons. The molecule has 1 amide bonds. The predicted molar refractivity (Wildman–Crippen MR) is 125 cm³/mol. The Morgan fingerprint density at radius 2 is 1.90 bits per heavy atom. The van der Waals surface area contributed by atoms with Crippen LogP contribution in [0.2, 0.25) is 5.02 Å². The highest BCUT2D eigenvalue weighted by atomic mass is 79.9. The van der Waals surface area contributed by atoms with Gasteiger partial charge in [0.25, 0.3) is 5.91 Å². The number of carbonyl (C=O) groups excluding carboxylic acids is 1. The summed E-state index contributed by atoms with van der Waals surface area (Å²) in [6, 6.07) is 12.9. The summed E-state index contributed by atoms with van der Waals surface area (Å²) < 4.78 is 13.6. The number of rotatable bonds is 6. The van der Waals surface area contributed by atoms with Crippen molar-refractivity contribution in [3.63, 3.8) is 0 Å². The lowest BCUT2D eigenvalue weighted by Gasteiger charge is -2.09. The summed E-state index contributed by atoms with van der Waals surface area (Å²) in [5.41, 5.74) is 4.26. The molecule has 0 atom stereocenters. The van der Waals surface area contributed by atoms with E-state index in [0.29, 0.717) is 22.3 Å². The molecule has 29 heavy (non-hydrogen) atoms. The van der Waals surface area contributed by atoms with Crippen LogP contribution in [0.15, 0.2) is 65.4 Å². The number of amides is 1. The number of hydrogen-bond acceptors (Lipinski definition) is 4. The smallest absolute Gasteiger partial charge is 0.277 e. The van der Waals surface area contributed by atoms with E-state index in [1.807, 2.05) is 43.3 Å². The molecule has 1 heterocycles. The van der Waals surface area contributed by atoms with Gasteiger partial charge in [-0.25, -0.2) is 5.43 Å². The predicted octanol–water partition coefficient (Wildman–Crippen LogP) is 6.73. The van der Waals surface area contributed by atoms with Gasteiger partial charge in [0.1, 0.15) is 17.3 Å². The number of aryl methyl sites for hydroxylation is 1. The first-order valence-corrected chi connectivity index (χ1v) is 11.0. The lowest BCUT2D eigenvalue weighted by atomic mass is 10.1. The average molecular weight is 606 g/mol. The summed E-state index contributed by atoms with van der Waals surface area (Å²) >= 11 is 16.3. The molecule has 0 saturated heterocycles. The molecule has 2 aromatic carbocycles. The van der Waals surface area contributed by atoms with Crippen LogP contribution in [0, 0.1) is 6.92 Å². The van der Waals surface area contributed by atoms with Crippen LogP contribution in [0.5, 0.6) is 5.75 Å². The second-order valence-electron chi connectivity index (χ2n) is 5.95. The third-order valence-corrected chi connectivity index (χ3v) is 5.82. The molecule has 5 nitrogen and oxygen atoms in total. The van der Waals surface area contributed by atoms with Crippen LogP contribution in [0.1, 0.15) is 11.3 Å². The molecule has 0 aliphatic carbocycles. The zero-order valence-electron chi connectivity index (χ0n) is 15.0. The van der Waals surface area contributed by atoms with Gasteiger partial charge in [-0.1, -0.05) is 39.7 Å². The monoisotopic (exact) mass is 602 g/mol. The van der Waals surface area contributed by atoms with Gasteiger partial charge in [0, 0.05) is 15.1 Å². The Kier molecular flexibility index (Phi) is 7.56. The van der Waals surface area contributed by atoms with E-state index in [-0.39, 0.29) is 6.61 Å². The van der Waals surface area contributed by atoms with E-state index < -0.39 is 5.91 Å². The minimum atomic E-state index is -0.403. The highest BCUT2D eigenvalue weighted by Gasteiger charge is 2.10. The molecule has 0 saturated carbocycles. The first-order chi connectivity index (χ1) is 13.8. The van der Waals surface area contributed by atoms with Crippen molar-refractivity contribution in [3.05, 3.63) is 72.2 Å². The van der Waals surface area contributed by atoms with Crippen LogP contribution in [0.25, 0.3) is 11.3 Å². The quantitative estimate of drug-likeness (QED) is 0.251. The molecule has 3 aromatic rings. The Bertz CT molecular complexity index is 1060. The number of nitrogens with one attached hydrogen (secondary N) is 1. The minimum absolute atomic E-state index is 0.193. The number of hydrogen-bond donors (Lipinski definition) is 1. The van der Waals surface area contributed by atoms with E-state index in [0.717, 1.165) is 24.5 Å². The Labute approximate surface area is 197 Å². The van der Waals surface area contributed by atoms with Crippen molar-refractivity contribution < 1.29 is 13.9 Å². The Morgan fingerprint density at radius 1 is 1.17 bits per heavy atom. The molecular weight excluding hydrogens is 591 g/mol. The van der Waals surface area contributed by atoms with E-state index >= 15 is 0 Å². The van der Waals surface area contributed by atoms with E-state index in [1.165, 1.54) is 6.21 Å². The van der Waals surface area contributed by atoms with E-state index in [9.17, 15) is 4.79 Å². The van der Waals surface area contributed by atoms with Crippen molar-refractivity contribution in [2.75, 3.05) is 6.61 Å². The topological polar surface area (TPSA) is 63.8 Å². The van der Waals surface area contributed by atoms with Gasteiger partial charge in [-0.05, 0) is 74.7 Å². The third-order valence-electron chi connectivity index (χ3n) is 3.77. The molecule has 0 fully saturated rings. The summed E-state index contributed by atoms with van der Waals surface area (Å²) in [7, 11) is 0. The number of hydrazone groups is 1. The molecule has 3 rings (SSSR count). The van der Waals surface area contributed by atoms with Crippen molar-refractivity contribution in [3.8, 4) is 17.1 Å². The third kappa shape index (κ3) is 5.94.